The van der Waals surface area contributed by atoms with Gasteiger partial charge in [0, 0.05) is 25.7 Å². The van der Waals surface area contributed by atoms with E-state index >= 15 is 0 Å². The molecule has 6 atom stereocenters. The number of phosphoric acid groups is 2. The van der Waals surface area contributed by atoms with E-state index in [9.17, 15) is 43.2 Å². The maximum absolute atomic E-state index is 13.0. The molecule has 19 heteroatoms. The van der Waals surface area contributed by atoms with Crippen LogP contribution >= 0.6 is 15.6 Å². The Labute approximate surface area is 530 Å². The first-order chi connectivity index (χ1) is 42.1. The van der Waals surface area contributed by atoms with Crippen LogP contribution in [0.5, 0.6) is 0 Å². The highest BCUT2D eigenvalue weighted by atomic mass is 31.2. The van der Waals surface area contributed by atoms with E-state index in [0.29, 0.717) is 25.7 Å². The van der Waals surface area contributed by atoms with Gasteiger partial charge in [0.25, 0.3) is 0 Å². The Balaban J connectivity index is 5.13. The SMILES string of the molecule is CCCCCCCCCCCCCCCCCCCCCC(=O)O[C@H](COC(=O)CCCCCCCCCCC(C)CC)COP(=O)(O)OC[C@@H](O)COP(=O)(O)OC[C@@H](COC(=O)CCCCCCC)OC(=O)CCCCCCCCCCCCC. The van der Waals surface area contributed by atoms with Crippen molar-refractivity contribution in [2.75, 3.05) is 39.6 Å². The lowest BCUT2D eigenvalue weighted by molar-refractivity contribution is -0.161. The molecule has 0 aliphatic heterocycles. The van der Waals surface area contributed by atoms with E-state index in [1.807, 2.05) is 0 Å². The summed E-state index contributed by atoms with van der Waals surface area (Å²) in [6.45, 7) is 7.14. The number of hydrogen-bond donors (Lipinski definition) is 3. The van der Waals surface area contributed by atoms with Crippen molar-refractivity contribution < 1.29 is 80.2 Å². The van der Waals surface area contributed by atoms with Gasteiger partial charge in [0.05, 0.1) is 26.4 Å². The summed E-state index contributed by atoms with van der Waals surface area (Å²) in [7, 11) is -9.88. The van der Waals surface area contributed by atoms with E-state index in [1.165, 1.54) is 167 Å². The van der Waals surface area contributed by atoms with Crippen molar-refractivity contribution in [3.05, 3.63) is 0 Å². The maximum atomic E-state index is 13.0. The Hall–Kier alpha value is -1.94. The Morgan fingerprint density at radius 3 is 0.816 bits per heavy atom. The molecular formula is C68H132O17P2. The molecule has 0 aliphatic rings. The number of esters is 4. The number of unbranched alkanes of at least 4 members (excludes halogenated alkanes) is 39. The summed E-state index contributed by atoms with van der Waals surface area (Å²) in [6, 6.07) is 0. The molecule has 0 aliphatic carbocycles. The molecule has 17 nitrogen and oxygen atoms in total. The fraction of sp³-hybridized carbons (Fsp3) is 0.941. The monoisotopic (exact) mass is 1280 g/mol. The molecule has 3 unspecified atom stereocenters. The number of phosphoric ester groups is 2. The van der Waals surface area contributed by atoms with E-state index < -0.39 is 97.5 Å². The lowest BCUT2D eigenvalue weighted by Crippen LogP contribution is -2.30. The average Bonchev–Trinajstić information content (AvgIpc) is 3.71. The molecule has 0 fully saturated rings. The summed E-state index contributed by atoms with van der Waals surface area (Å²) in [5.74, 6) is -1.36. The molecule has 0 radical (unpaired) electrons. The minimum atomic E-state index is -4.95. The highest BCUT2D eigenvalue weighted by Gasteiger charge is 2.30. The molecule has 0 aromatic carbocycles. The first-order valence-electron chi connectivity index (χ1n) is 35.7. The molecule has 516 valence electrons. The maximum Gasteiger partial charge on any atom is 0.472 e. The van der Waals surface area contributed by atoms with Crippen LogP contribution in [0.3, 0.4) is 0 Å². The van der Waals surface area contributed by atoms with Crippen LogP contribution in [-0.4, -0.2) is 96.7 Å². The summed E-state index contributed by atoms with van der Waals surface area (Å²) in [6.07, 6.45) is 47.6. The van der Waals surface area contributed by atoms with Crippen molar-refractivity contribution in [2.45, 2.75) is 368 Å². The van der Waals surface area contributed by atoms with Gasteiger partial charge in [-0.05, 0) is 31.6 Å². The van der Waals surface area contributed by atoms with E-state index in [4.69, 9.17) is 37.0 Å². The van der Waals surface area contributed by atoms with Gasteiger partial charge in [-0.1, -0.05) is 298 Å². The lowest BCUT2D eigenvalue weighted by atomic mass is 9.99. The zero-order valence-electron chi connectivity index (χ0n) is 56.2. The summed E-state index contributed by atoms with van der Waals surface area (Å²) in [4.78, 5) is 72.1. The number of aliphatic hydroxyl groups excluding tert-OH is 1. The highest BCUT2D eigenvalue weighted by molar-refractivity contribution is 7.47. The smallest absolute Gasteiger partial charge is 0.462 e. The number of rotatable bonds is 68. The highest BCUT2D eigenvalue weighted by Crippen LogP contribution is 2.45. The summed E-state index contributed by atoms with van der Waals surface area (Å²) in [5, 5.41) is 10.5. The quantitative estimate of drug-likeness (QED) is 0.0222. The lowest BCUT2D eigenvalue weighted by Gasteiger charge is -2.21. The topological polar surface area (TPSA) is 237 Å². The fourth-order valence-electron chi connectivity index (χ4n) is 10.3. The zero-order chi connectivity index (χ0) is 64.2. The number of carbonyl (C=O) groups is 4. The second-order valence-corrected chi connectivity index (χ2v) is 27.7. The van der Waals surface area contributed by atoms with Gasteiger partial charge in [-0.2, -0.15) is 0 Å². The molecule has 0 aromatic rings. The molecule has 0 amide bonds. The largest absolute Gasteiger partial charge is 0.472 e. The number of ether oxygens (including phenoxy) is 4. The number of aliphatic hydroxyl groups is 1. The van der Waals surface area contributed by atoms with Gasteiger partial charge in [0.2, 0.25) is 0 Å². The van der Waals surface area contributed by atoms with Crippen LogP contribution in [0, 0.1) is 5.92 Å². The predicted molar refractivity (Wildman–Crippen MR) is 349 cm³/mol. The Kier molecular flexibility index (Phi) is 60.2. The minimum Gasteiger partial charge on any atom is -0.462 e. The molecule has 0 saturated heterocycles. The van der Waals surface area contributed by atoms with Gasteiger partial charge >= 0.3 is 39.5 Å². The first kappa shape index (κ1) is 85.1. The van der Waals surface area contributed by atoms with Gasteiger partial charge in [-0.15, -0.1) is 0 Å². The van der Waals surface area contributed by atoms with Crippen LogP contribution in [0.4, 0.5) is 0 Å². The second kappa shape index (κ2) is 61.6. The zero-order valence-corrected chi connectivity index (χ0v) is 57.9. The molecule has 0 rings (SSSR count). The van der Waals surface area contributed by atoms with Crippen LogP contribution in [0.25, 0.3) is 0 Å². The predicted octanol–water partition coefficient (Wildman–Crippen LogP) is 19.4. The fourth-order valence-corrected chi connectivity index (χ4v) is 11.8. The third-order valence-electron chi connectivity index (χ3n) is 16.1. The summed E-state index contributed by atoms with van der Waals surface area (Å²) < 4.78 is 68.0. The molecule has 0 bridgehead atoms. The van der Waals surface area contributed by atoms with Crippen LogP contribution < -0.4 is 0 Å². The van der Waals surface area contributed by atoms with Crippen molar-refractivity contribution in [1.82, 2.24) is 0 Å². The molecule has 0 aromatic heterocycles. The van der Waals surface area contributed by atoms with Gasteiger partial charge in [0.15, 0.2) is 12.2 Å². The third-order valence-corrected chi connectivity index (χ3v) is 18.0. The minimum absolute atomic E-state index is 0.106. The molecule has 0 spiro atoms. The van der Waals surface area contributed by atoms with Crippen molar-refractivity contribution in [2.24, 2.45) is 5.92 Å². The van der Waals surface area contributed by atoms with Crippen LogP contribution in [0.1, 0.15) is 349 Å². The van der Waals surface area contributed by atoms with E-state index in [-0.39, 0.29) is 25.7 Å². The van der Waals surface area contributed by atoms with Gasteiger partial charge < -0.3 is 33.8 Å². The van der Waals surface area contributed by atoms with Crippen LogP contribution in [0.2, 0.25) is 0 Å². The van der Waals surface area contributed by atoms with Crippen LogP contribution in [-0.2, 0) is 65.4 Å². The third kappa shape index (κ3) is 61.3. The van der Waals surface area contributed by atoms with Gasteiger partial charge in [-0.25, -0.2) is 9.13 Å². The Morgan fingerprint density at radius 2 is 0.552 bits per heavy atom. The van der Waals surface area contributed by atoms with Crippen molar-refractivity contribution in [3.8, 4) is 0 Å². The van der Waals surface area contributed by atoms with Crippen LogP contribution in [0.15, 0.2) is 0 Å². The van der Waals surface area contributed by atoms with Gasteiger partial charge in [-0.3, -0.25) is 37.3 Å². The normalized spacial score (nSPS) is 14.4. The number of carbonyl (C=O) groups excluding carboxylic acids is 4. The van der Waals surface area contributed by atoms with E-state index in [2.05, 4.69) is 34.6 Å². The standard InChI is InChI=1S/C68H132O17P2/c1-6-10-13-16-18-20-22-23-24-25-26-27-28-29-31-33-39-44-49-54-68(73)85-64(58-79-66(71)52-47-42-37-35-34-36-41-45-50-61(5)9-4)60-83-87(76,77)81-56-62(69)55-80-86(74,75)82-59-63(57-78-65(70)51-46-40-15-12-8-3)84-67(72)53-48-43-38-32-30-21-19-17-14-11-7-2/h61-64,69H,6-60H2,1-5H3,(H,74,75)(H,76,77)/t61?,62-,63+,64+/m0/s1. The van der Waals surface area contributed by atoms with E-state index in [1.54, 1.807) is 0 Å². The molecule has 0 heterocycles. The van der Waals surface area contributed by atoms with E-state index in [0.717, 1.165) is 102 Å². The van der Waals surface area contributed by atoms with Crippen molar-refractivity contribution in [1.29, 1.82) is 0 Å². The number of hydrogen-bond acceptors (Lipinski definition) is 15. The Bertz CT molecular complexity index is 1690. The Morgan fingerprint density at radius 1 is 0.322 bits per heavy atom. The molecular weight excluding hydrogens is 1150 g/mol. The van der Waals surface area contributed by atoms with Crippen molar-refractivity contribution in [3.63, 3.8) is 0 Å². The van der Waals surface area contributed by atoms with Gasteiger partial charge in [0.1, 0.15) is 19.3 Å². The molecule has 0 saturated carbocycles. The second-order valence-electron chi connectivity index (χ2n) is 24.8. The average molecular weight is 1280 g/mol. The summed E-state index contributed by atoms with van der Waals surface area (Å²) in [5.41, 5.74) is 0. The molecule has 3 N–H and O–H groups in total. The molecule has 87 heavy (non-hydrogen) atoms. The van der Waals surface area contributed by atoms with Crippen molar-refractivity contribution >= 4 is 39.5 Å². The summed E-state index contributed by atoms with van der Waals surface area (Å²) >= 11 is 0. The first-order valence-corrected chi connectivity index (χ1v) is 38.7.